The van der Waals surface area contributed by atoms with Crippen molar-refractivity contribution in [3.8, 4) is 0 Å². The predicted molar refractivity (Wildman–Crippen MR) is 85.8 cm³/mol. The summed E-state index contributed by atoms with van der Waals surface area (Å²) in [4.78, 5) is 26.5. The molecule has 0 bridgehead atoms. The third kappa shape index (κ3) is 3.03. The van der Waals surface area contributed by atoms with Gasteiger partial charge in [0.15, 0.2) is 0 Å². The molecule has 116 valence electrons. The van der Waals surface area contributed by atoms with Crippen LogP contribution in [0, 0.1) is 6.92 Å². The molecule has 0 aromatic heterocycles. The maximum atomic E-state index is 12.5. The summed E-state index contributed by atoms with van der Waals surface area (Å²) in [5.74, 6) is -0.0663. The van der Waals surface area contributed by atoms with Crippen molar-refractivity contribution in [3.05, 3.63) is 29.8 Å². The van der Waals surface area contributed by atoms with E-state index in [0.717, 1.165) is 37.2 Å². The quantitative estimate of drug-likeness (QED) is 0.842. The Morgan fingerprint density at radius 3 is 2.41 bits per heavy atom. The van der Waals surface area contributed by atoms with Crippen LogP contribution in [0.3, 0.4) is 0 Å². The Hall–Kier alpha value is -2.17. The van der Waals surface area contributed by atoms with Gasteiger partial charge in [-0.05, 0) is 38.3 Å². The van der Waals surface area contributed by atoms with E-state index in [1.54, 1.807) is 0 Å². The summed E-state index contributed by atoms with van der Waals surface area (Å²) in [7, 11) is 0. The average molecular weight is 299 g/mol. The van der Waals surface area contributed by atoms with Crippen LogP contribution in [0.25, 0.3) is 0 Å². The van der Waals surface area contributed by atoms with Crippen LogP contribution in [0.5, 0.6) is 0 Å². The van der Waals surface area contributed by atoms with Gasteiger partial charge in [-0.25, -0.2) is 5.01 Å². The fraction of sp³-hybridized carbons (Fsp3) is 0.471. The summed E-state index contributed by atoms with van der Waals surface area (Å²) in [6, 6.07) is 7.62. The number of hydrogen-bond donors (Lipinski definition) is 0. The van der Waals surface area contributed by atoms with E-state index in [2.05, 4.69) is 5.10 Å². The van der Waals surface area contributed by atoms with Crippen molar-refractivity contribution in [2.45, 2.75) is 39.0 Å². The first-order valence-corrected chi connectivity index (χ1v) is 7.91. The normalized spacial score (nSPS) is 19.1. The standard InChI is InChI=1S/C17H21N3O2/c1-13-5-7-14(8-6-13)20-16(21)10-9-15(18-20)17(22)19-11-3-2-4-12-19/h5-8H,2-4,9-12H2,1H3. The summed E-state index contributed by atoms with van der Waals surface area (Å²) in [6.45, 7) is 3.60. The van der Waals surface area contributed by atoms with E-state index in [0.29, 0.717) is 18.6 Å². The van der Waals surface area contributed by atoms with Crippen molar-refractivity contribution in [2.75, 3.05) is 18.1 Å². The van der Waals surface area contributed by atoms with E-state index in [-0.39, 0.29) is 11.8 Å². The highest BCUT2D eigenvalue weighted by atomic mass is 16.2. The molecule has 1 aromatic rings. The van der Waals surface area contributed by atoms with E-state index in [9.17, 15) is 9.59 Å². The Kier molecular flexibility index (Phi) is 4.22. The first-order valence-electron chi connectivity index (χ1n) is 7.91. The predicted octanol–water partition coefficient (Wildman–Crippen LogP) is 2.49. The number of hydrazone groups is 1. The number of rotatable bonds is 2. The van der Waals surface area contributed by atoms with Crippen LogP contribution in [0.4, 0.5) is 5.69 Å². The molecule has 2 aliphatic rings. The van der Waals surface area contributed by atoms with Gasteiger partial charge in [-0.2, -0.15) is 5.10 Å². The lowest BCUT2D eigenvalue weighted by Crippen LogP contribution is -2.43. The number of likely N-dealkylation sites (tertiary alicyclic amines) is 1. The first kappa shape index (κ1) is 14.8. The molecule has 1 saturated heterocycles. The molecule has 0 N–H and O–H groups in total. The second kappa shape index (κ2) is 6.30. The number of piperidine rings is 1. The van der Waals surface area contributed by atoms with Crippen molar-refractivity contribution in [1.82, 2.24) is 4.90 Å². The highest BCUT2D eigenvalue weighted by Gasteiger charge is 2.28. The van der Waals surface area contributed by atoms with Crippen LogP contribution in [-0.4, -0.2) is 35.5 Å². The van der Waals surface area contributed by atoms with Crippen molar-refractivity contribution in [2.24, 2.45) is 5.10 Å². The van der Waals surface area contributed by atoms with Crippen LogP contribution >= 0.6 is 0 Å². The first-order chi connectivity index (χ1) is 10.6. The molecule has 0 aliphatic carbocycles. The highest BCUT2D eigenvalue weighted by Crippen LogP contribution is 2.21. The van der Waals surface area contributed by atoms with E-state index in [1.807, 2.05) is 36.1 Å². The number of carbonyl (C=O) groups is 2. The zero-order valence-electron chi connectivity index (χ0n) is 12.9. The van der Waals surface area contributed by atoms with Crippen molar-refractivity contribution in [3.63, 3.8) is 0 Å². The van der Waals surface area contributed by atoms with E-state index in [1.165, 1.54) is 11.4 Å². The lowest BCUT2D eigenvalue weighted by molar-refractivity contribution is -0.125. The van der Waals surface area contributed by atoms with Gasteiger partial charge >= 0.3 is 0 Å². The second-order valence-corrected chi connectivity index (χ2v) is 5.94. The van der Waals surface area contributed by atoms with Crippen LogP contribution in [0.15, 0.2) is 29.4 Å². The van der Waals surface area contributed by atoms with Gasteiger partial charge in [-0.1, -0.05) is 17.7 Å². The second-order valence-electron chi connectivity index (χ2n) is 5.94. The minimum absolute atomic E-state index is 0.00990. The average Bonchev–Trinajstić information content (AvgIpc) is 2.56. The van der Waals surface area contributed by atoms with Crippen LogP contribution in [-0.2, 0) is 9.59 Å². The fourth-order valence-electron chi connectivity index (χ4n) is 2.87. The van der Waals surface area contributed by atoms with Gasteiger partial charge < -0.3 is 4.90 Å². The van der Waals surface area contributed by atoms with Gasteiger partial charge in [0.25, 0.3) is 5.91 Å². The Morgan fingerprint density at radius 2 is 1.73 bits per heavy atom. The number of hydrogen-bond acceptors (Lipinski definition) is 3. The highest BCUT2D eigenvalue weighted by molar-refractivity contribution is 6.40. The smallest absolute Gasteiger partial charge is 0.270 e. The number of nitrogens with zero attached hydrogens (tertiary/aromatic N) is 3. The largest absolute Gasteiger partial charge is 0.338 e. The van der Waals surface area contributed by atoms with Gasteiger partial charge in [-0.15, -0.1) is 0 Å². The molecule has 0 radical (unpaired) electrons. The Morgan fingerprint density at radius 1 is 1.05 bits per heavy atom. The monoisotopic (exact) mass is 299 g/mol. The van der Waals surface area contributed by atoms with Gasteiger partial charge in [0.05, 0.1) is 5.69 Å². The number of aryl methyl sites for hydroxylation is 1. The lowest BCUT2D eigenvalue weighted by Gasteiger charge is -2.29. The number of amides is 2. The van der Waals surface area contributed by atoms with Gasteiger partial charge in [0.2, 0.25) is 5.91 Å². The van der Waals surface area contributed by atoms with Crippen molar-refractivity contribution < 1.29 is 9.59 Å². The molecular formula is C17H21N3O2. The summed E-state index contributed by atoms with van der Waals surface area (Å²) in [5, 5.41) is 5.72. The minimum atomic E-state index is -0.0564. The zero-order chi connectivity index (χ0) is 15.5. The van der Waals surface area contributed by atoms with Crippen molar-refractivity contribution >= 4 is 23.2 Å². The molecule has 0 spiro atoms. The molecule has 3 rings (SSSR count). The van der Waals surface area contributed by atoms with Gasteiger partial charge in [-0.3, -0.25) is 9.59 Å². The summed E-state index contributed by atoms with van der Waals surface area (Å²) >= 11 is 0. The molecule has 0 atom stereocenters. The van der Waals surface area contributed by atoms with Gasteiger partial charge in [0.1, 0.15) is 5.71 Å². The Bertz CT molecular complexity index is 601. The molecule has 2 heterocycles. The summed E-state index contributed by atoms with van der Waals surface area (Å²) in [5.41, 5.74) is 2.35. The van der Waals surface area contributed by atoms with E-state index in [4.69, 9.17) is 0 Å². The molecule has 2 amide bonds. The molecule has 22 heavy (non-hydrogen) atoms. The zero-order valence-corrected chi connectivity index (χ0v) is 12.9. The Balaban J connectivity index is 1.82. The van der Waals surface area contributed by atoms with Crippen LogP contribution < -0.4 is 5.01 Å². The van der Waals surface area contributed by atoms with E-state index < -0.39 is 0 Å². The number of benzene rings is 1. The minimum Gasteiger partial charge on any atom is -0.338 e. The number of carbonyl (C=O) groups excluding carboxylic acids is 2. The maximum Gasteiger partial charge on any atom is 0.270 e. The number of anilines is 1. The van der Waals surface area contributed by atoms with Gasteiger partial charge in [0, 0.05) is 25.9 Å². The molecule has 0 unspecified atom stereocenters. The molecule has 2 aliphatic heterocycles. The Labute approximate surface area is 130 Å². The SMILES string of the molecule is Cc1ccc(N2N=C(C(=O)N3CCCCC3)CCC2=O)cc1. The van der Waals surface area contributed by atoms with Crippen LogP contribution in [0.2, 0.25) is 0 Å². The molecule has 1 fully saturated rings. The summed E-state index contributed by atoms with van der Waals surface area (Å²) in [6.07, 6.45) is 4.08. The molecular weight excluding hydrogens is 278 g/mol. The third-order valence-electron chi connectivity index (χ3n) is 4.20. The third-order valence-corrected chi connectivity index (χ3v) is 4.20. The molecule has 5 nitrogen and oxygen atoms in total. The fourth-order valence-corrected chi connectivity index (χ4v) is 2.87. The molecule has 5 heteroatoms. The lowest BCUT2D eigenvalue weighted by atomic mass is 10.1. The van der Waals surface area contributed by atoms with Crippen LogP contribution in [0.1, 0.15) is 37.7 Å². The van der Waals surface area contributed by atoms with Crippen molar-refractivity contribution in [1.29, 1.82) is 0 Å². The maximum absolute atomic E-state index is 12.5. The van der Waals surface area contributed by atoms with E-state index >= 15 is 0 Å². The summed E-state index contributed by atoms with van der Waals surface area (Å²) < 4.78 is 0. The topological polar surface area (TPSA) is 53.0 Å². The molecule has 1 aromatic carbocycles. The molecule has 0 saturated carbocycles.